The lowest BCUT2D eigenvalue weighted by molar-refractivity contribution is -0.129. The number of carbonyl (C=O) groups excluding carboxylic acids is 2. The first-order chi connectivity index (χ1) is 11.0. The predicted octanol–water partition coefficient (Wildman–Crippen LogP) is 3.56. The fourth-order valence-corrected chi connectivity index (χ4v) is 2.12. The Morgan fingerprint density at radius 3 is 2.35 bits per heavy atom. The molecule has 0 aliphatic carbocycles. The van der Waals surface area contributed by atoms with Gasteiger partial charge in [0.05, 0.1) is 12.7 Å². The minimum absolute atomic E-state index is 0.188. The zero-order chi connectivity index (χ0) is 16.8. The Morgan fingerprint density at radius 2 is 1.70 bits per heavy atom. The van der Waals surface area contributed by atoms with E-state index in [1.54, 1.807) is 24.3 Å². The first-order valence-corrected chi connectivity index (χ1v) is 7.06. The van der Waals surface area contributed by atoms with Gasteiger partial charge in [0, 0.05) is 0 Å². The Kier molecular flexibility index (Phi) is 5.36. The molecule has 0 amide bonds. The summed E-state index contributed by atoms with van der Waals surface area (Å²) in [6.45, 7) is 4.36. The second kappa shape index (κ2) is 7.45. The molecule has 2 aromatic carbocycles. The van der Waals surface area contributed by atoms with Crippen LogP contribution in [0.25, 0.3) is 0 Å². The highest BCUT2D eigenvalue weighted by Crippen LogP contribution is 2.26. The number of benzene rings is 2. The van der Waals surface area contributed by atoms with E-state index in [-0.39, 0.29) is 6.61 Å². The molecule has 0 heterocycles. The molecule has 0 unspecified atom stereocenters. The van der Waals surface area contributed by atoms with E-state index in [1.807, 2.05) is 26.0 Å². The molecule has 0 N–H and O–H groups in total. The lowest BCUT2D eigenvalue weighted by Crippen LogP contribution is -2.04. The van der Waals surface area contributed by atoms with Crippen LogP contribution in [0.1, 0.15) is 27.0 Å². The first-order valence-electron chi connectivity index (χ1n) is 7.06. The van der Waals surface area contributed by atoms with Crippen molar-refractivity contribution in [3.63, 3.8) is 0 Å². The molecule has 0 saturated heterocycles. The third kappa shape index (κ3) is 4.10. The first kappa shape index (κ1) is 16.5. The van der Waals surface area contributed by atoms with E-state index >= 15 is 0 Å². The van der Waals surface area contributed by atoms with Crippen molar-refractivity contribution in [1.82, 2.24) is 0 Å². The average molecular weight is 314 g/mol. The van der Waals surface area contributed by atoms with Gasteiger partial charge >= 0.3 is 5.97 Å². The second-order valence-corrected chi connectivity index (χ2v) is 5.07. The van der Waals surface area contributed by atoms with E-state index in [9.17, 15) is 9.59 Å². The third-order valence-electron chi connectivity index (χ3n) is 3.48. The molecule has 5 nitrogen and oxygen atoms in total. The number of ether oxygens (including phenoxy) is 3. The molecule has 2 rings (SSSR count). The van der Waals surface area contributed by atoms with Gasteiger partial charge in [0.2, 0.25) is 0 Å². The van der Waals surface area contributed by atoms with Gasteiger partial charge in [0.1, 0.15) is 18.1 Å². The van der Waals surface area contributed by atoms with Crippen molar-refractivity contribution in [2.75, 3.05) is 7.11 Å². The van der Waals surface area contributed by atoms with Gasteiger partial charge in [-0.3, -0.25) is 4.79 Å². The van der Waals surface area contributed by atoms with Gasteiger partial charge in [-0.2, -0.15) is 0 Å². The Balaban J connectivity index is 2.25. The van der Waals surface area contributed by atoms with Crippen LogP contribution in [0.5, 0.6) is 11.5 Å². The third-order valence-corrected chi connectivity index (χ3v) is 3.48. The Hall–Kier alpha value is -2.82. The van der Waals surface area contributed by atoms with Gasteiger partial charge in [-0.15, -0.1) is 0 Å². The van der Waals surface area contributed by atoms with Crippen molar-refractivity contribution in [3.8, 4) is 11.5 Å². The summed E-state index contributed by atoms with van der Waals surface area (Å²) < 4.78 is 15.3. The van der Waals surface area contributed by atoms with Crippen molar-refractivity contribution in [2.24, 2.45) is 0 Å². The van der Waals surface area contributed by atoms with Crippen LogP contribution in [0, 0.1) is 13.8 Å². The summed E-state index contributed by atoms with van der Waals surface area (Å²) >= 11 is 0. The maximum Gasteiger partial charge on any atom is 0.338 e. The molecular formula is C18H18O5. The summed E-state index contributed by atoms with van der Waals surface area (Å²) in [5.41, 5.74) is 3.13. The highest BCUT2D eigenvalue weighted by atomic mass is 16.5. The van der Waals surface area contributed by atoms with Gasteiger partial charge in [0.25, 0.3) is 6.47 Å². The van der Waals surface area contributed by atoms with Gasteiger partial charge < -0.3 is 14.2 Å². The van der Waals surface area contributed by atoms with Crippen molar-refractivity contribution in [2.45, 2.75) is 20.5 Å². The normalized spacial score (nSPS) is 10.0. The highest BCUT2D eigenvalue weighted by molar-refractivity contribution is 5.91. The smallest absolute Gasteiger partial charge is 0.338 e. The number of rotatable bonds is 6. The monoisotopic (exact) mass is 314 g/mol. The largest absolute Gasteiger partial charge is 0.465 e. The summed E-state index contributed by atoms with van der Waals surface area (Å²) in [6, 6.07) is 10.7. The Morgan fingerprint density at radius 1 is 1.04 bits per heavy atom. The highest BCUT2D eigenvalue weighted by Gasteiger charge is 2.11. The van der Waals surface area contributed by atoms with Crippen LogP contribution < -0.4 is 4.74 Å². The number of aryl methyl sites for hydroxylation is 2. The molecule has 0 aliphatic heterocycles. The van der Waals surface area contributed by atoms with E-state index in [0.717, 1.165) is 16.7 Å². The number of hydrogen-bond acceptors (Lipinski definition) is 5. The summed E-state index contributed by atoms with van der Waals surface area (Å²) in [5.74, 6) is 0.721. The average Bonchev–Trinajstić information content (AvgIpc) is 2.56. The number of esters is 1. The van der Waals surface area contributed by atoms with E-state index in [2.05, 4.69) is 0 Å². The molecule has 23 heavy (non-hydrogen) atoms. The molecule has 0 aromatic heterocycles. The topological polar surface area (TPSA) is 61.8 Å². The van der Waals surface area contributed by atoms with E-state index in [1.165, 1.54) is 7.11 Å². The van der Waals surface area contributed by atoms with E-state index in [0.29, 0.717) is 23.5 Å². The van der Waals surface area contributed by atoms with Crippen molar-refractivity contribution < 1.29 is 23.8 Å². The molecule has 0 saturated carbocycles. The zero-order valence-electron chi connectivity index (χ0n) is 13.3. The van der Waals surface area contributed by atoms with E-state index < -0.39 is 5.97 Å². The Labute approximate surface area is 134 Å². The quantitative estimate of drug-likeness (QED) is 0.602. The van der Waals surface area contributed by atoms with Crippen molar-refractivity contribution in [1.29, 1.82) is 0 Å². The lowest BCUT2D eigenvalue weighted by atomic mass is 10.1. The van der Waals surface area contributed by atoms with Crippen LogP contribution in [0.3, 0.4) is 0 Å². The van der Waals surface area contributed by atoms with Crippen LogP contribution in [-0.2, 0) is 20.9 Å². The molecule has 0 aliphatic rings. The summed E-state index contributed by atoms with van der Waals surface area (Å²) in [4.78, 5) is 22.1. The molecule has 0 bridgehead atoms. The molecule has 0 spiro atoms. The minimum Gasteiger partial charge on any atom is -0.465 e. The number of carbonyl (C=O) groups is 2. The molecule has 2 aromatic rings. The van der Waals surface area contributed by atoms with Crippen LogP contribution >= 0.6 is 0 Å². The van der Waals surface area contributed by atoms with Gasteiger partial charge in [-0.25, -0.2) is 4.79 Å². The van der Waals surface area contributed by atoms with Crippen LogP contribution in [0.4, 0.5) is 0 Å². The van der Waals surface area contributed by atoms with Gasteiger partial charge in [0.15, 0.2) is 0 Å². The predicted molar refractivity (Wildman–Crippen MR) is 84.6 cm³/mol. The van der Waals surface area contributed by atoms with Crippen LogP contribution in [0.2, 0.25) is 0 Å². The van der Waals surface area contributed by atoms with E-state index in [4.69, 9.17) is 14.2 Å². The summed E-state index contributed by atoms with van der Waals surface area (Å²) in [5, 5.41) is 0. The fraction of sp³-hybridized carbons (Fsp3) is 0.222. The minimum atomic E-state index is -0.406. The van der Waals surface area contributed by atoms with Crippen LogP contribution in [0.15, 0.2) is 36.4 Å². The summed E-state index contributed by atoms with van der Waals surface area (Å²) in [7, 11) is 1.34. The lowest BCUT2D eigenvalue weighted by Gasteiger charge is -2.11. The standard InChI is InChI=1S/C18H18O5/c1-12-4-6-15(8-14(12)10-22-11-19)23-16-7-5-13(2)17(9-16)18(20)21-3/h4-9,11H,10H2,1-3H3. The van der Waals surface area contributed by atoms with Crippen molar-refractivity contribution >= 4 is 12.4 Å². The maximum atomic E-state index is 11.7. The maximum absolute atomic E-state index is 11.7. The Bertz CT molecular complexity index is 721. The summed E-state index contributed by atoms with van der Waals surface area (Å²) in [6.07, 6.45) is 0. The number of hydrogen-bond donors (Lipinski definition) is 0. The molecule has 0 radical (unpaired) electrons. The van der Waals surface area contributed by atoms with Crippen LogP contribution in [-0.4, -0.2) is 19.6 Å². The molecule has 0 fully saturated rings. The van der Waals surface area contributed by atoms with Crippen molar-refractivity contribution in [3.05, 3.63) is 58.7 Å². The fourth-order valence-electron chi connectivity index (χ4n) is 2.12. The molecule has 0 atom stereocenters. The SMILES string of the molecule is COC(=O)c1cc(Oc2ccc(C)c(COC=O)c2)ccc1C. The second-order valence-electron chi connectivity index (χ2n) is 5.07. The zero-order valence-corrected chi connectivity index (χ0v) is 13.3. The van der Waals surface area contributed by atoms with Gasteiger partial charge in [-0.05, 0) is 54.8 Å². The molecule has 120 valence electrons. The molecular weight excluding hydrogens is 296 g/mol. The number of methoxy groups -OCH3 is 1. The van der Waals surface area contributed by atoms with Gasteiger partial charge in [-0.1, -0.05) is 12.1 Å². The molecule has 5 heteroatoms.